The molecule has 2 aromatic carbocycles. The van der Waals surface area contributed by atoms with E-state index in [9.17, 15) is 9.36 Å². The number of amides is 1. The Balaban J connectivity index is 2.34. The predicted molar refractivity (Wildman–Crippen MR) is 107 cm³/mol. The molecule has 1 amide bonds. The first-order valence-electron chi connectivity index (χ1n) is 8.21. The summed E-state index contributed by atoms with van der Waals surface area (Å²) >= 11 is 12.1. The smallest absolute Gasteiger partial charge is 0.403 e. The molecular weight excluding hydrogens is 426 g/mol. The molecule has 7 nitrogen and oxygen atoms in total. The standard InChI is InChI=1S/C18H17Cl2N2O5P/c1-3-25-28(24,26-4-2)27-17-8-6-13(19)10-14(17)18(23)22-16-7-5-12(11-21)9-15(16)20/h5-10H,3-4H2,1-2H3,(H,22,23). The fourth-order valence-electron chi connectivity index (χ4n) is 2.16. The van der Waals surface area contributed by atoms with E-state index >= 15 is 0 Å². The first kappa shape index (κ1) is 22.2. The maximum atomic E-state index is 12.8. The highest BCUT2D eigenvalue weighted by atomic mass is 35.5. The Morgan fingerprint density at radius 3 is 2.39 bits per heavy atom. The van der Waals surface area contributed by atoms with Crippen LogP contribution < -0.4 is 9.84 Å². The third kappa shape index (κ3) is 5.71. The zero-order chi connectivity index (χ0) is 20.7. The highest BCUT2D eigenvalue weighted by molar-refractivity contribution is 7.48. The van der Waals surface area contributed by atoms with Crippen molar-refractivity contribution in [2.45, 2.75) is 13.8 Å². The van der Waals surface area contributed by atoms with E-state index in [-0.39, 0.29) is 40.3 Å². The molecule has 2 aromatic rings. The van der Waals surface area contributed by atoms with Crippen LogP contribution in [-0.2, 0) is 13.6 Å². The van der Waals surface area contributed by atoms with Gasteiger partial charge in [0, 0.05) is 5.02 Å². The average molecular weight is 443 g/mol. The van der Waals surface area contributed by atoms with Gasteiger partial charge in [-0.1, -0.05) is 23.2 Å². The minimum atomic E-state index is -3.91. The van der Waals surface area contributed by atoms with Gasteiger partial charge in [-0.05, 0) is 50.2 Å². The molecule has 0 bridgehead atoms. The summed E-state index contributed by atoms with van der Waals surface area (Å²) in [6.45, 7) is 3.45. The number of hydrogen-bond donors (Lipinski definition) is 1. The highest BCUT2D eigenvalue weighted by Crippen LogP contribution is 2.50. The van der Waals surface area contributed by atoms with Crippen molar-refractivity contribution in [1.82, 2.24) is 0 Å². The molecule has 148 valence electrons. The number of carbonyl (C=O) groups excluding carboxylic acids is 1. The monoisotopic (exact) mass is 442 g/mol. The zero-order valence-electron chi connectivity index (χ0n) is 15.1. The number of anilines is 1. The van der Waals surface area contributed by atoms with Crippen LogP contribution in [0.3, 0.4) is 0 Å². The van der Waals surface area contributed by atoms with Gasteiger partial charge in [-0.2, -0.15) is 5.26 Å². The maximum absolute atomic E-state index is 12.8. The molecule has 0 heterocycles. The Bertz CT molecular complexity index is 951. The lowest BCUT2D eigenvalue weighted by Gasteiger charge is -2.19. The summed E-state index contributed by atoms with van der Waals surface area (Å²) < 4.78 is 28.2. The van der Waals surface area contributed by atoms with Gasteiger partial charge in [0.25, 0.3) is 5.91 Å². The first-order chi connectivity index (χ1) is 13.3. The van der Waals surface area contributed by atoms with Crippen LogP contribution in [0.4, 0.5) is 5.69 Å². The van der Waals surface area contributed by atoms with Gasteiger partial charge in [-0.25, -0.2) is 4.57 Å². The van der Waals surface area contributed by atoms with E-state index in [1.165, 1.54) is 36.4 Å². The van der Waals surface area contributed by atoms with Crippen LogP contribution in [0.1, 0.15) is 29.8 Å². The lowest BCUT2D eigenvalue weighted by atomic mass is 10.1. The molecule has 2 rings (SSSR count). The number of phosphoric acid groups is 1. The summed E-state index contributed by atoms with van der Waals surface area (Å²) in [5, 5.41) is 12.0. The van der Waals surface area contributed by atoms with Crippen LogP contribution in [0.25, 0.3) is 0 Å². The number of nitriles is 1. The van der Waals surface area contributed by atoms with E-state index in [2.05, 4.69) is 5.32 Å². The Hall–Kier alpha value is -2.07. The van der Waals surface area contributed by atoms with Gasteiger partial charge in [0.05, 0.1) is 41.1 Å². The van der Waals surface area contributed by atoms with Crippen molar-refractivity contribution in [3.8, 4) is 11.8 Å². The third-order valence-electron chi connectivity index (χ3n) is 3.32. The molecule has 0 saturated carbocycles. The van der Waals surface area contributed by atoms with Gasteiger partial charge in [0.1, 0.15) is 5.75 Å². The summed E-state index contributed by atoms with van der Waals surface area (Å²) in [6, 6.07) is 10.6. The summed E-state index contributed by atoms with van der Waals surface area (Å²) in [4.78, 5) is 12.8. The molecule has 0 aliphatic rings. The number of hydrogen-bond acceptors (Lipinski definition) is 6. The average Bonchev–Trinajstić information content (AvgIpc) is 2.65. The van der Waals surface area contributed by atoms with Crippen molar-refractivity contribution in [2.24, 2.45) is 0 Å². The Morgan fingerprint density at radius 1 is 1.14 bits per heavy atom. The largest absolute Gasteiger partial charge is 0.530 e. The first-order valence-corrected chi connectivity index (χ1v) is 10.4. The molecule has 0 aromatic heterocycles. The van der Waals surface area contributed by atoms with Crippen molar-refractivity contribution < 1.29 is 22.9 Å². The lowest BCUT2D eigenvalue weighted by molar-refractivity contribution is 0.102. The van der Waals surface area contributed by atoms with Gasteiger partial charge in [0.2, 0.25) is 0 Å². The molecule has 0 fully saturated rings. The molecule has 0 spiro atoms. The molecule has 1 N–H and O–H groups in total. The van der Waals surface area contributed by atoms with Crippen LogP contribution in [0, 0.1) is 11.3 Å². The molecule has 0 unspecified atom stereocenters. The Labute approximate surface area is 172 Å². The number of nitrogens with one attached hydrogen (secondary N) is 1. The summed E-state index contributed by atoms with van der Waals surface area (Å²) in [5.41, 5.74) is 0.645. The molecule has 10 heteroatoms. The second-order valence-corrected chi connectivity index (χ2v) is 7.71. The van der Waals surface area contributed by atoms with Gasteiger partial charge < -0.3 is 9.84 Å². The van der Waals surface area contributed by atoms with Gasteiger partial charge in [-0.3, -0.25) is 13.8 Å². The minimum Gasteiger partial charge on any atom is -0.403 e. The lowest BCUT2D eigenvalue weighted by Crippen LogP contribution is -2.14. The van der Waals surface area contributed by atoms with Crippen LogP contribution in [0.2, 0.25) is 10.0 Å². The molecule has 28 heavy (non-hydrogen) atoms. The molecule has 0 aliphatic carbocycles. The van der Waals surface area contributed by atoms with Crippen molar-refractivity contribution in [3.63, 3.8) is 0 Å². The summed E-state index contributed by atoms with van der Waals surface area (Å²) in [5.74, 6) is -0.638. The minimum absolute atomic E-state index is 0.00700. The van der Waals surface area contributed by atoms with Crippen molar-refractivity contribution in [2.75, 3.05) is 18.5 Å². The van der Waals surface area contributed by atoms with E-state index in [1.54, 1.807) is 13.8 Å². The van der Waals surface area contributed by atoms with E-state index in [0.29, 0.717) is 5.56 Å². The quantitative estimate of drug-likeness (QED) is 0.528. The highest BCUT2D eigenvalue weighted by Gasteiger charge is 2.29. The summed E-state index contributed by atoms with van der Waals surface area (Å²) in [7, 11) is -3.91. The number of phosphoric ester groups is 1. The number of rotatable bonds is 8. The van der Waals surface area contributed by atoms with E-state index in [4.69, 9.17) is 42.0 Å². The molecular formula is C18H17Cl2N2O5P. The fraction of sp³-hybridized carbons (Fsp3) is 0.222. The molecule has 0 radical (unpaired) electrons. The van der Waals surface area contributed by atoms with E-state index < -0.39 is 13.7 Å². The van der Waals surface area contributed by atoms with E-state index in [1.807, 2.05) is 6.07 Å². The Morgan fingerprint density at radius 2 is 1.82 bits per heavy atom. The molecule has 0 atom stereocenters. The van der Waals surface area contributed by atoms with Crippen LogP contribution in [-0.4, -0.2) is 19.1 Å². The number of benzene rings is 2. The number of halogens is 2. The fourth-order valence-corrected chi connectivity index (χ4v) is 3.77. The maximum Gasteiger partial charge on any atom is 0.530 e. The van der Waals surface area contributed by atoms with Crippen molar-refractivity contribution >= 4 is 42.6 Å². The van der Waals surface area contributed by atoms with Crippen LogP contribution in [0.5, 0.6) is 5.75 Å². The van der Waals surface area contributed by atoms with Gasteiger partial charge in [0.15, 0.2) is 0 Å². The zero-order valence-corrected chi connectivity index (χ0v) is 17.5. The second-order valence-electron chi connectivity index (χ2n) is 5.28. The topological polar surface area (TPSA) is 97.7 Å². The van der Waals surface area contributed by atoms with Crippen LogP contribution in [0.15, 0.2) is 36.4 Å². The van der Waals surface area contributed by atoms with Crippen molar-refractivity contribution in [1.29, 1.82) is 5.26 Å². The Kier molecular flexibility index (Phi) is 7.88. The molecule has 0 saturated heterocycles. The van der Waals surface area contributed by atoms with Gasteiger partial charge >= 0.3 is 7.82 Å². The predicted octanol–water partition coefficient (Wildman–Crippen LogP) is 5.68. The van der Waals surface area contributed by atoms with E-state index in [0.717, 1.165) is 0 Å². The second kappa shape index (κ2) is 9.92. The normalized spacial score (nSPS) is 11.0. The third-order valence-corrected chi connectivity index (χ3v) is 5.43. The number of nitrogens with zero attached hydrogens (tertiary/aromatic N) is 1. The number of carbonyl (C=O) groups is 1. The SMILES string of the molecule is CCOP(=O)(OCC)Oc1ccc(Cl)cc1C(=O)Nc1ccc(C#N)cc1Cl. The summed E-state index contributed by atoms with van der Waals surface area (Å²) in [6.07, 6.45) is 0. The van der Waals surface area contributed by atoms with Gasteiger partial charge in [-0.15, -0.1) is 0 Å². The molecule has 0 aliphatic heterocycles. The van der Waals surface area contributed by atoms with Crippen LogP contribution >= 0.6 is 31.0 Å². The van der Waals surface area contributed by atoms with Crippen molar-refractivity contribution in [3.05, 3.63) is 57.6 Å².